The molecule has 1 aromatic rings. The molecule has 1 aliphatic rings. The molecule has 0 saturated heterocycles. The molecular weight excluding hydrogens is 288 g/mol. The molecule has 0 unspecified atom stereocenters. The predicted octanol–water partition coefficient (Wildman–Crippen LogP) is 3.26. The lowest BCUT2D eigenvalue weighted by Gasteiger charge is -2.22. The van der Waals surface area contributed by atoms with Gasteiger partial charge in [0.1, 0.15) is 6.10 Å². The molecule has 0 aliphatic heterocycles. The SMILES string of the molecule is CCCNC(=NCc1ccc(OC2CCCCC2)nc1)NCC. The highest BCUT2D eigenvalue weighted by Gasteiger charge is 2.15. The van der Waals surface area contributed by atoms with Crippen molar-refractivity contribution >= 4 is 5.96 Å². The highest BCUT2D eigenvalue weighted by atomic mass is 16.5. The van der Waals surface area contributed by atoms with E-state index < -0.39 is 0 Å². The molecule has 23 heavy (non-hydrogen) atoms. The molecule has 1 fully saturated rings. The first kappa shape index (κ1) is 17.6. The van der Waals surface area contributed by atoms with Crippen LogP contribution in [-0.2, 0) is 6.54 Å². The molecule has 5 heteroatoms. The molecular formula is C18H30N4O. The Morgan fingerprint density at radius 1 is 1.22 bits per heavy atom. The van der Waals surface area contributed by atoms with Crippen LogP contribution in [-0.4, -0.2) is 30.1 Å². The number of hydrogen-bond acceptors (Lipinski definition) is 3. The van der Waals surface area contributed by atoms with Crippen molar-refractivity contribution in [2.24, 2.45) is 4.99 Å². The van der Waals surface area contributed by atoms with Crippen LogP contribution in [0.2, 0.25) is 0 Å². The highest BCUT2D eigenvalue weighted by Crippen LogP contribution is 2.22. The maximum absolute atomic E-state index is 5.96. The van der Waals surface area contributed by atoms with Crippen LogP contribution in [0.4, 0.5) is 0 Å². The minimum Gasteiger partial charge on any atom is -0.474 e. The van der Waals surface area contributed by atoms with Gasteiger partial charge >= 0.3 is 0 Å². The fourth-order valence-corrected chi connectivity index (χ4v) is 2.68. The van der Waals surface area contributed by atoms with Gasteiger partial charge in [0.15, 0.2) is 5.96 Å². The third kappa shape index (κ3) is 6.47. The highest BCUT2D eigenvalue weighted by molar-refractivity contribution is 5.79. The van der Waals surface area contributed by atoms with Gasteiger partial charge in [-0.1, -0.05) is 19.4 Å². The van der Waals surface area contributed by atoms with Gasteiger partial charge in [-0.15, -0.1) is 0 Å². The summed E-state index contributed by atoms with van der Waals surface area (Å²) in [4.78, 5) is 9.01. The van der Waals surface area contributed by atoms with E-state index in [0.717, 1.165) is 49.8 Å². The number of aliphatic imine (C=N–C) groups is 1. The van der Waals surface area contributed by atoms with Crippen molar-refractivity contribution < 1.29 is 4.74 Å². The van der Waals surface area contributed by atoms with Crippen molar-refractivity contribution in [3.05, 3.63) is 23.9 Å². The first-order chi connectivity index (χ1) is 11.3. The van der Waals surface area contributed by atoms with Crippen LogP contribution in [0, 0.1) is 0 Å². The van der Waals surface area contributed by atoms with Crippen LogP contribution < -0.4 is 15.4 Å². The number of rotatable bonds is 7. The van der Waals surface area contributed by atoms with Gasteiger partial charge in [0, 0.05) is 25.4 Å². The Kier molecular flexibility index (Phi) is 7.70. The van der Waals surface area contributed by atoms with E-state index in [0.29, 0.717) is 12.6 Å². The summed E-state index contributed by atoms with van der Waals surface area (Å²) < 4.78 is 5.96. The first-order valence-corrected chi connectivity index (χ1v) is 8.95. The third-order valence-electron chi connectivity index (χ3n) is 3.94. The molecule has 128 valence electrons. The van der Waals surface area contributed by atoms with Gasteiger partial charge in [-0.05, 0) is 44.6 Å². The fourth-order valence-electron chi connectivity index (χ4n) is 2.68. The number of hydrogen-bond donors (Lipinski definition) is 2. The Hall–Kier alpha value is -1.78. The summed E-state index contributed by atoms with van der Waals surface area (Å²) in [5, 5.41) is 6.55. The van der Waals surface area contributed by atoms with Crippen molar-refractivity contribution in [2.45, 2.75) is 65.0 Å². The summed E-state index contributed by atoms with van der Waals surface area (Å²) >= 11 is 0. The monoisotopic (exact) mass is 318 g/mol. The van der Waals surface area contributed by atoms with E-state index in [4.69, 9.17) is 4.74 Å². The molecule has 2 rings (SSSR count). The Morgan fingerprint density at radius 3 is 2.70 bits per heavy atom. The second-order valence-electron chi connectivity index (χ2n) is 6.00. The molecule has 0 bridgehead atoms. The lowest BCUT2D eigenvalue weighted by molar-refractivity contribution is 0.148. The van der Waals surface area contributed by atoms with E-state index in [1.165, 1.54) is 19.3 Å². The van der Waals surface area contributed by atoms with Gasteiger partial charge in [-0.3, -0.25) is 0 Å². The van der Waals surface area contributed by atoms with Gasteiger partial charge in [0.05, 0.1) is 6.54 Å². The van der Waals surface area contributed by atoms with Crippen molar-refractivity contribution in [3.63, 3.8) is 0 Å². The molecule has 5 nitrogen and oxygen atoms in total. The van der Waals surface area contributed by atoms with Gasteiger partial charge in [-0.25, -0.2) is 9.98 Å². The zero-order valence-corrected chi connectivity index (χ0v) is 14.5. The van der Waals surface area contributed by atoms with Crippen LogP contribution in [0.25, 0.3) is 0 Å². The van der Waals surface area contributed by atoms with Crippen molar-refractivity contribution in [2.75, 3.05) is 13.1 Å². The number of ether oxygens (including phenoxy) is 1. The number of aromatic nitrogens is 1. The quantitative estimate of drug-likeness (QED) is 0.598. The Balaban J connectivity index is 1.85. The Labute approximate surface area is 139 Å². The molecule has 1 aliphatic carbocycles. The zero-order chi connectivity index (χ0) is 16.3. The van der Waals surface area contributed by atoms with Crippen molar-refractivity contribution in [1.82, 2.24) is 15.6 Å². The van der Waals surface area contributed by atoms with Gasteiger partial charge in [0.25, 0.3) is 0 Å². The molecule has 1 aromatic heterocycles. The molecule has 1 saturated carbocycles. The average Bonchev–Trinajstić information content (AvgIpc) is 2.59. The predicted molar refractivity (Wildman–Crippen MR) is 94.8 cm³/mol. The molecule has 0 amide bonds. The maximum Gasteiger partial charge on any atom is 0.213 e. The summed E-state index contributed by atoms with van der Waals surface area (Å²) in [6.45, 7) is 6.63. The summed E-state index contributed by atoms with van der Waals surface area (Å²) in [5.41, 5.74) is 1.09. The van der Waals surface area contributed by atoms with E-state index in [1.54, 1.807) is 0 Å². The number of guanidine groups is 1. The summed E-state index contributed by atoms with van der Waals surface area (Å²) in [7, 11) is 0. The van der Waals surface area contributed by atoms with E-state index in [2.05, 4.69) is 40.5 Å². The molecule has 1 heterocycles. The lowest BCUT2D eigenvalue weighted by Crippen LogP contribution is -2.37. The fraction of sp³-hybridized carbons (Fsp3) is 0.667. The molecule has 0 spiro atoms. The number of nitrogens with zero attached hydrogens (tertiary/aromatic N) is 2. The summed E-state index contributed by atoms with van der Waals surface area (Å²) in [6, 6.07) is 4.02. The second kappa shape index (κ2) is 10.1. The first-order valence-electron chi connectivity index (χ1n) is 8.95. The zero-order valence-electron chi connectivity index (χ0n) is 14.5. The van der Waals surface area contributed by atoms with Crippen molar-refractivity contribution in [3.8, 4) is 5.88 Å². The van der Waals surface area contributed by atoms with Crippen LogP contribution in [0.1, 0.15) is 57.9 Å². The van der Waals surface area contributed by atoms with Crippen molar-refractivity contribution in [1.29, 1.82) is 0 Å². The maximum atomic E-state index is 5.96. The molecule has 0 radical (unpaired) electrons. The topological polar surface area (TPSA) is 58.5 Å². The van der Waals surface area contributed by atoms with E-state index in [1.807, 2.05) is 12.3 Å². The van der Waals surface area contributed by atoms with E-state index in [-0.39, 0.29) is 0 Å². The summed E-state index contributed by atoms with van der Waals surface area (Å²) in [6.07, 6.45) is 9.49. The number of pyridine rings is 1. The van der Waals surface area contributed by atoms with Gasteiger partial charge in [-0.2, -0.15) is 0 Å². The van der Waals surface area contributed by atoms with Crippen LogP contribution in [0.5, 0.6) is 5.88 Å². The Bertz CT molecular complexity index is 466. The second-order valence-corrected chi connectivity index (χ2v) is 6.00. The minimum atomic E-state index is 0.346. The standard InChI is InChI=1S/C18H30N4O/c1-3-12-20-18(19-4-2)22-14-15-10-11-17(21-13-15)23-16-8-6-5-7-9-16/h10-11,13,16H,3-9,12,14H2,1-2H3,(H2,19,20,22). The van der Waals surface area contributed by atoms with Gasteiger partial charge < -0.3 is 15.4 Å². The van der Waals surface area contributed by atoms with E-state index in [9.17, 15) is 0 Å². The average molecular weight is 318 g/mol. The number of nitrogens with one attached hydrogen (secondary N) is 2. The van der Waals surface area contributed by atoms with Crippen LogP contribution in [0.3, 0.4) is 0 Å². The smallest absolute Gasteiger partial charge is 0.213 e. The molecule has 0 aromatic carbocycles. The lowest BCUT2D eigenvalue weighted by atomic mass is 9.98. The third-order valence-corrected chi connectivity index (χ3v) is 3.94. The molecule has 2 N–H and O–H groups in total. The largest absolute Gasteiger partial charge is 0.474 e. The van der Waals surface area contributed by atoms with Crippen LogP contribution in [0.15, 0.2) is 23.3 Å². The van der Waals surface area contributed by atoms with Crippen LogP contribution >= 0.6 is 0 Å². The normalized spacial score (nSPS) is 16.2. The van der Waals surface area contributed by atoms with Gasteiger partial charge in [0.2, 0.25) is 5.88 Å². The Morgan fingerprint density at radius 2 is 2.04 bits per heavy atom. The minimum absolute atomic E-state index is 0.346. The summed E-state index contributed by atoms with van der Waals surface area (Å²) in [5.74, 6) is 1.59. The molecule has 0 atom stereocenters. The van der Waals surface area contributed by atoms with E-state index >= 15 is 0 Å².